The van der Waals surface area contributed by atoms with Crippen LogP contribution in [0.1, 0.15) is 31.7 Å². The molecule has 0 bridgehead atoms. The Kier molecular flexibility index (Phi) is 4.63. The van der Waals surface area contributed by atoms with Gasteiger partial charge in [-0.3, -0.25) is 0 Å². The van der Waals surface area contributed by atoms with Crippen LogP contribution in [0.2, 0.25) is 0 Å². The van der Waals surface area contributed by atoms with Crippen LogP contribution in [-0.4, -0.2) is 12.6 Å². The Bertz CT molecular complexity index is 373. The van der Waals surface area contributed by atoms with E-state index in [1.54, 1.807) is 0 Å². The molecular formula is C15H21NO. The molecule has 2 rings (SSSR count). The third kappa shape index (κ3) is 3.90. The van der Waals surface area contributed by atoms with E-state index in [1.807, 2.05) is 13.0 Å². The number of nitrogens with one attached hydrogen (secondary N) is 1. The van der Waals surface area contributed by atoms with E-state index >= 15 is 0 Å². The predicted octanol–water partition coefficient (Wildman–Crippen LogP) is 3.28. The van der Waals surface area contributed by atoms with Crippen molar-refractivity contribution in [3.05, 3.63) is 42.0 Å². The van der Waals surface area contributed by atoms with Gasteiger partial charge >= 0.3 is 0 Å². The van der Waals surface area contributed by atoms with Crippen molar-refractivity contribution in [3.8, 4) is 5.75 Å². The van der Waals surface area contributed by atoms with E-state index in [0.717, 1.165) is 25.3 Å². The normalized spacial score (nSPS) is 19.2. The van der Waals surface area contributed by atoms with E-state index in [-0.39, 0.29) is 0 Å². The Labute approximate surface area is 104 Å². The van der Waals surface area contributed by atoms with Gasteiger partial charge < -0.3 is 10.1 Å². The molecule has 0 radical (unpaired) electrons. The summed E-state index contributed by atoms with van der Waals surface area (Å²) >= 11 is 0. The van der Waals surface area contributed by atoms with E-state index in [4.69, 9.17) is 4.74 Å². The molecule has 0 fully saturated rings. The molecule has 2 nitrogen and oxygen atoms in total. The Balaban J connectivity index is 1.85. The highest BCUT2D eigenvalue weighted by Gasteiger charge is 2.08. The first-order valence-electron chi connectivity index (χ1n) is 6.48. The van der Waals surface area contributed by atoms with Gasteiger partial charge in [-0.1, -0.05) is 24.3 Å². The highest BCUT2D eigenvalue weighted by molar-refractivity contribution is 5.28. The molecule has 1 aliphatic rings. The van der Waals surface area contributed by atoms with Crippen LogP contribution in [-0.2, 0) is 6.54 Å². The number of hydrogen-bond acceptors (Lipinski definition) is 2. The number of rotatable bonds is 5. The van der Waals surface area contributed by atoms with Crippen LogP contribution in [0.25, 0.3) is 0 Å². The van der Waals surface area contributed by atoms with Gasteiger partial charge in [-0.25, -0.2) is 0 Å². The highest BCUT2D eigenvalue weighted by Crippen LogP contribution is 2.15. The molecule has 1 N–H and O–H groups in total. The maximum absolute atomic E-state index is 5.50. The lowest BCUT2D eigenvalue weighted by atomic mass is 10.0. The van der Waals surface area contributed by atoms with Crippen LogP contribution in [0, 0.1) is 0 Å². The lowest BCUT2D eigenvalue weighted by Gasteiger charge is -2.19. The molecule has 1 unspecified atom stereocenters. The maximum atomic E-state index is 5.50. The Morgan fingerprint density at radius 3 is 3.06 bits per heavy atom. The lowest BCUT2D eigenvalue weighted by molar-refractivity contribution is 0.339. The molecule has 0 saturated carbocycles. The van der Waals surface area contributed by atoms with Gasteiger partial charge in [0.2, 0.25) is 0 Å². The summed E-state index contributed by atoms with van der Waals surface area (Å²) in [5, 5.41) is 3.60. The molecule has 0 aliphatic heterocycles. The highest BCUT2D eigenvalue weighted by atomic mass is 16.5. The largest absolute Gasteiger partial charge is 0.494 e. The fourth-order valence-electron chi connectivity index (χ4n) is 2.15. The number of ether oxygens (including phenoxy) is 1. The topological polar surface area (TPSA) is 21.3 Å². The van der Waals surface area contributed by atoms with E-state index in [2.05, 4.69) is 35.7 Å². The molecule has 1 aliphatic carbocycles. The smallest absolute Gasteiger partial charge is 0.119 e. The van der Waals surface area contributed by atoms with Crippen molar-refractivity contribution in [2.24, 2.45) is 0 Å². The molecule has 0 saturated heterocycles. The fourth-order valence-corrected chi connectivity index (χ4v) is 2.15. The zero-order valence-corrected chi connectivity index (χ0v) is 10.5. The minimum Gasteiger partial charge on any atom is -0.494 e. The third-order valence-corrected chi connectivity index (χ3v) is 3.07. The maximum Gasteiger partial charge on any atom is 0.119 e. The molecule has 1 aromatic carbocycles. The Hall–Kier alpha value is -1.28. The fraction of sp³-hybridized carbons (Fsp3) is 0.467. The predicted molar refractivity (Wildman–Crippen MR) is 71.2 cm³/mol. The molecule has 17 heavy (non-hydrogen) atoms. The second-order valence-electron chi connectivity index (χ2n) is 4.44. The molecule has 1 aromatic rings. The van der Waals surface area contributed by atoms with Crippen molar-refractivity contribution < 1.29 is 4.74 Å². The first-order chi connectivity index (χ1) is 8.38. The summed E-state index contributed by atoms with van der Waals surface area (Å²) in [5.41, 5.74) is 1.30. The zero-order chi connectivity index (χ0) is 11.9. The lowest BCUT2D eigenvalue weighted by Crippen LogP contribution is -2.29. The minimum absolute atomic E-state index is 0.635. The molecule has 0 spiro atoms. The van der Waals surface area contributed by atoms with Crippen LogP contribution in [0.15, 0.2) is 36.4 Å². The standard InChI is InChI=1S/C15H21NO/c1-2-17-15-10-6-7-13(11-15)12-16-14-8-4-3-5-9-14/h3-4,6-7,10-11,14,16H,2,5,8-9,12H2,1H3. The summed E-state index contributed by atoms with van der Waals surface area (Å²) < 4.78 is 5.50. The van der Waals surface area contributed by atoms with Crippen LogP contribution in [0.5, 0.6) is 5.75 Å². The summed E-state index contributed by atoms with van der Waals surface area (Å²) in [6.45, 7) is 3.67. The van der Waals surface area contributed by atoms with Gasteiger partial charge in [0.25, 0.3) is 0 Å². The molecule has 1 atom stereocenters. The van der Waals surface area contributed by atoms with Crippen molar-refractivity contribution in [1.82, 2.24) is 5.32 Å². The molecule has 2 heteroatoms. The quantitative estimate of drug-likeness (QED) is 0.785. The summed E-state index contributed by atoms with van der Waals surface area (Å²) in [6, 6.07) is 8.97. The van der Waals surface area contributed by atoms with Gasteiger partial charge in [-0.05, 0) is 43.9 Å². The van der Waals surface area contributed by atoms with E-state index in [0.29, 0.717) is 6.04 Å². The third-order valence-electron chi connectivity index (χ3n) is 3.07. The van der Waals surface area contributed by atoms with Gasteiger partial charge in [0.1, 0.15) is 5.75 Å². The first-order valence-corrected chi connectivity index (χ1v) is 6.48. The van der Waals surface area contributed by atoms with Crippen molar-refractivity contribution in [1.29, 1.82) is 0 Å². The van der Waals surface area contributed by atoms with Crippen molar-refractivity contribution >= 4 is 0 Å². The van der Waals surface area contributed by atoms with Crippen LogP contribution in [0.4, 0.5) is 0 Å². The SMILES string of the molecule is CCOc1cccc(CNC2CC=CCC2)c1. The zero-order valence-electron chi connectivity index (χ0n) is 10.5. The number of allylic oxidation sites excluding steroid dienone is 1. The molecule has 0 aromatic heterocycles. The van der Waals surface area contributed by atoms with Crippen LogP contribution >= 0.6 is 0 Å². The van der Waals surface area contributed by atoms with E-state index in [9.17, 15) is 0 Å². The monoisotopic (exact) mass is 231 g/mol. The van der Waals surface area contributed by atoms with Gasteiger partial charge in [-0.2, -0.15) is 0 Å². The van der Waals surface area contributed by atoms with E-state index < -0.39 is 0 Å². The molecule has 0 heterocycles. The van der Waals surface area contributed by atoms with Crippen LogP contribution < -0.4 is 10.1 Å². The number of benzene rings is 1. The van der Waals surface area contributed by atoms with E-state index in [1.165, 1.54) is 18.4 Å². The Morgan fingerprint density at radius 1 is 1.35 bits per heavy atom. The second-order valence-corrected chi connectivity index (χ2v) is 4.44. The van der Waals surface area contributed by atoms with Gasteiger partial charge in [0, 0.05) is 12.6 Å². The van der Waals surface area contributed by atoms with Crippen LogP contribution in [0.3, 0.4) is 0 Å². The minimum atomic E-state index is 0.635. The van der Waals surface area contributed by atoms with Crippen molar-refractivity contribution in [3.63, 3.8) is 0 Å². The molecule has 0 amide bonds. The summed E-state index contributed by atoms with van der Waals surface area (Å²) in [4.78, 5) is 0. The van der Waals surface area contributed by atoms with Crippen molar-refractivity contribution in [2.75, 3.05) is 6.61 Å². The first kappa shape index (κ1) is 12.2. The van der Waals surface area contributed by atoms with Gasteiger partial charge in [0.15, 0.2) is 0 Å². The summed E-state index contributed by atoms with van der Waals surface area (Å²) in [6.07, 6.45) is 8.16. The molecule has 92 valence electrons. The summed E-state index contributed by atoms with van der Waals surface area (Å²) in [5.74, 6) is 0.968. The summed E-state index contributed by atoms with van der Waals surface area (Å²) in [7, 11) is 0. The van der Waals surface area contributed by atoms with Gasteiger partial charge in [0.05, 0.1) is 6.61 Å². The molecular weight excluding hydrogens is 210 g/mol. The van der Waals surface area contributed by atoms with Gasteiger partial charge in [-0.15, -0.1) is 0 Å². The Morgan fingerprint density at radius 2 is 2.29 bits per heavy atom. The average molecular weight is 231 g/mol. The second kappa shape index (κ2) is 6.45. The van der Waals surface area contributed by atoms with Crippen molar-refractivity contribution in [2.45, 2.75) is 38.8 Å². The number of hydrogen-bond donors (Lipinski definition) is 1. The average Bonchev–Trinajstić information content (AvgIpc) is 2.39.